The number of nitrogens with zero attached hydrogens (tertiary/aromatic N) is 4. The van der Waals surface area contributed by atoms with Crippen molar-refractivity contribution in [2.24, 2.45) is 7.05 Å². The van der Waals surface area contributed by atoms with E-state index >= 15 is 0 Å². The van der Waals surface area contributed by atoms with Crippen LogP contribution in [0.5, 0.6) is 0 Å². The van der Waals surface area contributed by atoms with Gasteiger partial charge in [-0.2, -0.15) is 5.10 Å². The molecular weight excluding hydrogens is 460 g/mol. The van der Waals surface area contributed by atoms with Gasteiger partial charge in [0.25, 0.3) is 15.9 Å². The Morgan fingerprint density at radius 3 is 2.38 bits per heavy atom. The number of nitrogens with one attached hydrogen (secondary N) is 2. The van der Waals surface area contributed by atoms with E-state index in [1.807, 2.05) is 38.1 Å². The Hall–Kier alpha value is -3.51. The Bertz CT molecular complexity index is 1290. The number of hydrogen-bond donors (Lipinski definition) is 2. The van der Waals surface area contributed by atoms with Crippen LogP contribution in [0.3, 0.4) is 0 Å². The van der Waals surface area contributed by atoms with Gasteiger partial charge in [0.1, 0.15) is 5.82 Å². The third-order valence-corrected chi connectivity index (χ3v) is 6.51. The molecule has 0 saturated heterocycles. The van der Waals surface area contributed by atoms with Crippen LogP contribution in [0.25, 0.3) is 5.69 Å². The molecule has 182 valence electrons. The van der Waals surface area contributed by atoms with E-state index in [9.17, 15) is 18.0 Å². The van der Waals surface area contributed by atoms with Crippen LogP contribution < -0.4 is 10.0 Å². The number of benzene rings is 1. The summed E-state index contributed by atoms with van der Waals surface area (Å²) in [6, 6.07) is 7.82. The zero-order valence-corrected chi connectivity index (χ0v) is 20.6. The first-order chi connectivity index (χ1) is 16.0. The molecule has 1 amide bonds. The molecule has 0 fully saturated rings. The van der Waals surface area contributed by atoms with Crippen molar-refractivity contribution in [2.45, 2.75) is 39.1 Å². The van der Waals surface area contributed by atoms with Gasteiger partial charge in [0.15, 0.2) is 11.6 Å². The Morgan fingerprint density at radius 1 is 1.09 bits per heavy atom. The topological polar surface area (TPSA) is 137 Å². The number of rotatable bonds is 9. The molecule has 0 aliphatic rings. The molecule has 12 heteroatoms. The highest BCUT2D eigenvalue weighted by Crippen LogP contribution is 2.23. The molecule has 1 aromatic carbocycles. The van der Waals surface area contributed by atoms with Crippen molar-refractivity contribution < 1.29 is 22.7 Å². The minimum Gasteiger partial charge on any atom is -0.456 e. The number of amides is 1. The molecule has 3 rings (SSSR count). The maximum Gasteiger partial charge on any atom is 0.307 e. The highest BCUT2D eigenvalue weighted by molar-refractivity contribution is 7.89. The largest absolute Gasteiger partial charge is 0.456 e. The van der Waals surface area contributed by atoms with E-state index < -0.39 is 28.5 Å². The number of carbonyl (C=O) groups is 2. The first-order valence-corrected chi connectivity index (χ1v) is 12.0. The second kappa shape index (κ2) is 10.2. The van der Waals surface area contributed by atoms with Crippen LogP contribution >= 0.6 is 0 Å². The number of anilines is 1. The van der Waals surface area contributed by atoms with Crippen molar-refractivity contribution in [3.63, 3.8) is 0 Å². The summed E-state index contributed by atoms with van der Waals surface area (Å²) >= 11 is 0. The maximum absolute atomic E-state index is 12.3. The number of sulfonamides is 1. The first-order valence-electron chi connectivity index (χ1n) is 10.6. The summed E-state index contributed by atoms with van der Waals surface area (Å²) in [6.45, 7) is 6.59. The third kappa shape index (κ3) is 5.88. The molecular formula is C22H28N6O5S. The van der Waals surface area contributed by atoms with Crippen LogP contribution in [-0.4, -0.2) is 52.8 Å². The molecule has 2 N–H and O–H groups in total. The van der Waals surface area contributed by atoms with Gasteiger partial charge in [-0.3, -0.25) is 9.59 Å². The van der Waals surface area contributed by atoms with E-state index in [0.717, 1.165) is 16.9 Å². The number of ether oxygens (including phenoxy) is 1. The number of aromatic nitrogens is 4. The highest BCUT2D eigenvalue weighted by atomic mass is 32.2. The van der Waals surface area contributed by atoms with Gasteiger partial charge in [-0.05, 0) is 39.8 Å². The third-order valence-electron chi connectivity index (χ3n) is 5.18. The lowest BCUT2D eigenvalue weighted by Crippen LogP contribution is -2.28. The summed E-state index contributed by atoms with van der Waals surface area (Å²) < 4.78 is 35.0. The minimum absolute atomic E-state index is 0.128. The van der Waals surface area contributed by atoms with Gasteiger partial charge >= 0.3 is 5.97 Å². The predicted molar refractivity (Wildman–Crippen MR) is 125 cm³/mol. The van der Waals surface area contributed by atoms with Crippen LogP contribution in [0, 0.1) is 27.7 Å². The monoisotopic (exact) mass is 488 g/mol. The van der Waals surface area contributed by atoms with Gasteiger partial charge < -0.3 is 14.6 Å². The fourth-order valence-electron chi connectivity index (χ4n) is 3.17. The normalized spacial score (nSPS) is 11.4. The molecule has 3 aromatic rings. The van der Waals surface area contributed by atoms with Crippen molar-refractivity contribution in [3.05, 3.63) is 53.2 Å². The lowest BCUT2D eigenvalue weighted by molar-refractivity contribution is -0.147. The summed E-state index contributed by atoms with van der Waals surface area (Å²) in [5.74, 6) is -0.688. The average molecular weight is 489 g/mol. The molecule has 0 aliphatic heterocycles. The summed E-state index contributed by atoms with van der Waals surface area (Å²) in [6.07, 6.45) is 1.15. The Labute approximate surface area is 198 Å². The average Bonchev–Trinajstić information content (AvgIpc) is 3.26. The molecule has 0 atom stereocenters. The number of esters is 1. The van der Waals surface area contributed by atoms with Crippen molar-refractivity contribution >= 4 is 27.6 Å². The molecule has 2 heterocycles. The maximum atomic E-state index is 12.3. The number of imidazole rings is 1. The second-order valence-corrected chi connectivity index (χ2v) is 9.60. The van der Waals surface area contributed by atoms with Crippen LogP contribution in [-0.2, 0) is 31.4 Å². The van der Waals surface area contributed by atoms with Crippen molar-refractivity contribution in [1.82, 2.24) is 24.1 Å². The Kier molecular flexibility index (Phi) is 7.52. The fraction of sp³-hybridized carbons (Fsp3) is 0.364. The van der Waals surface area contributed by atoms with Crippen molar-refractivity contribution in [1.29, 1.82) is 0 Å². The van der Waals surface area contributed by atoms with Crippen LogP contribution in [0.15, 0.2) is 35.5 Å². The first kappa shape index (κ1) is 25.1. The van der Waals surface area contributed by atoms with Gasteiger partial charge in [-0.25, -0.2) is 22.8 Å². The molecule has 0 saturated carbocycles. The second-order valence-electron chi connectivity index (χ2n) is 7.89. The van der Waals surface area contributed by atoms with Crippen LogP contribution in [0.4, 0.5) is 5.69 Å². The zero-order valence-electron chi connectivity index (χ0n) is 19.7. The van der Waals surface area contributed by atoms with Gasteiger partial charge in [0.2, 0.25) is 0 Å². The van der Waals surface area contributed by atoms with Crippen molar-refractivity contribution in [3.8, 4) is 5.69 Å². The molecule has 0 aliphatic carbocycles. The standard InChI is InChI=1S/C22H28N6O5S/c1-14-6-8-18(9-7-14)28-16(3)22(15(2)26-28)25-19(29)13-33-21(30)10-11-23-34(31,32)20-12-27(5)17(4)24-20/h6-9,12,23H,10-11,13H2,1-5H3,(H,25,29). The van der Waals surface area contributed by atoms with E-state index in [1.54, 1.807) is 30.1 Å². The zero-order chi connectivity index (χ0) is 25.0. The molecule has 0 bridgehead atoms. The summed E-state index contributed by atoms with van der Waals surface area (Å²) in [7, 11) is -2.16. The molecule has 2 aromatic heterocycles. The van der Waals surface area contributed by atoms with E-state index in [4.69, 9.17) is 4.74 Å². The van der Waals surface area contributed by atoms with Gasteiger partial charge in [0, 0.05) is 19.8 Å². The SMILES string of the molecule is Cc1ccc(-n2nc(C)c(NC(=O)COC(=O)CCNS(=O)(=O)c3cn(C)c(C)n3)c2C)cc1. The smallest absolute Gasteiger partial charge is 0.307 e. The predicted octanol–water partition coefficient (Wildman–Crippen LogP) is 1.69. The molecule has 0 unspecified atom stereocenters. The number of hydrogen-bond acceptors (Lipinski definition) is 7. The van der Waals surface area contributed by atoms with E-state index in [2.05, 4.69) is 20.1 Å². The fourth-order valence-corrected chi connectivity index (χ4v) is 4.24. The molecule has 0 radical (unpaired) electrons. The lowest BCUT2D eigenvalue weighted by atomic mass is 10.2. The minimum atomic E-state index is -3.84. The van der Waals surface area contributed by atoms with E-state index in [1.165, 1.54) is 6.20 Å². The quantitative estimate of drug-likeness (QED) is 0.437. The van der Waals surface area contributed by atoms with E-state index in [0.29, 0.717) is 17.2 Å². The number of aryl methyl sites for hydroxylation is 4. The number of carbonyl (C=O) groups excluding carboxylic acids is 2. The highest BCUT2D eigenvalue weighted by Gasteiger charge is 2.19. The molecule has 34 heavy (non-hydrogen) atoms. The molecule has 0 spiro atoms. The summed E-state index contributed by atoms with van der Waals surface area (Å²) in [4.78, 5) is 28.2. The summed E-state index contributed by atoms with van der Waals surface area (Å²) in [5, 5.41) is 7.07. The van der Waals surface area contributed by atoms with Gasteiger partial charge in [-0.1, -0.05) is 17.7 Å². The lowest BCUT2D eigenvalue weighted by Gasteiger charge is -2.08. The van der Waals surface area contributed by atoms with Gasteiger partial charge in [-0.15, -0.1) is 0 Å². The van der Waals surface area contributed by atoms with E-state index in [-0.39, 0.29) is 18.0 Å². The van der Waals surface area contributed by atoms with Crippen LogP contribution in [0.1, 0.15) is 29.2 Å². The van der Waals surface area contributed by atoms with Crippen LogP contribution in [0.2, 0.25) is 0 Å². The van der Waals surface area contributed by atoms with Gasteiger partial charge in [0.05, 0.1) is 29.2 Å². The molecule has 11 nitrogen and oxygen atoms in total. The summed E-state index contributed by atoms with van der Waals surface area (Å²) in [5.41, 5.74) is 3.89. The van der Waals surface area contributed by atoms with Crippen molar-refractivity contribution in [2.75, 3.05) is 18.5 Å². The Morgan fingerprint density at radius 2 is 1.76 bits per heavy atom. The Balaban J connectivity index is 1.49.